The summed E-state index contributed by atoms with van der Waals surface area (Å²) < 4.78 is 1.94. The summed E-state index contributed by atoms with van der Waals surface area (Å²) in [7, 11) is 1.38. The third-order valence-electron chi connectivity index (χ3n) is 7.22. The van der Waals surface area contributed by atoms with Crippen LogP contribution in [0.15, 0.2) is 35.9 Å². The zero-order chi connectivity index (χ0) is 28.1. The zero-order valence-electron chi connectivity index (χ0n) is 23.8. The molecule has 2 atom stereocenters. The molecule has 0 aliphatic rings. The van der Waals surface area contributed by atoms with Crippen molar-refractivity contribution in [2.45, 2.75) is 92.5 Å². The van der Waals surface area contributed by atoms with Gasteiger partial charge in [-0.25, -0.2) is 0 Å². The topological polar surface area (TPSA) is 54.6 Å². The molecule has 2 heterocycles. The van der Waals surface area contributed by atoms with Gasteiger partial charge in [0.15, 0.2) is 6.29 Å². The first-order valence-electron chi connectivity index (χ1n) is 14.0. The van der Waals surface area contributed by atoms with E-state index in [1.54, 1.807) is 17.4 Å². The number of carbonyl (C=O) groups excluding carboxylic acids is 1. The summed E-state index contributed by atoms with van der Waals surface area (Å²) in [5.41, 5.74) is 2.48. The maximum Gasteiger partial charge on any atom is 0.201 e. The van der Waals surface area contributed by atoms with Gasteiger partial charge in [-0.05, 0) is 74.8 Å². The molecule has 210 valence electrons. The second-order valence-corrected chi connectivity index (χ2v) is 12.8. The minimum atomic E-state index is 0.125. The van der Waals surface area contributed by atoms with Gasteiger partial charge in [0.05, 0.1) is 27.4 Å². The van der Waals surface area contributed by atoms with E-state index in [0.29, 0.717) is 36.1 Å². The Balaban J connectivity index is 2.80. The summed E-state index contributed by atoms with van der Waals surface area (Å²) in [4.78, 5) is 20.9. The number of unbranched alkanes of at least 4 members (excludes halogenated alkanes) is 2. The lowest BCUT2D eigenvalue weighted by atomic mass is 9.99. The number of hydrogen-bond donors (Lipinski definition) is 1. The number of aromatic nitrogens is 1. The van der Waals surface area contributed by atoms with Crippen molar-refractivity contribution in [2.75, 3.05) is 6.54 Å². The maximum absolute atomic E-state index is 12.8. The number of aryl methyl sites for hydroxylation is 1. The lowest BCUT2D eigenvalue weighted by Gasteiger charge is -2.19. The van der Waals surface area contributed by atoms with Crippen molar-refractivity contribution in [1.29, 1.82) is 0 Å². The Labute approximate surface area is 245 Å². The van der Waals surface area contributed by atoms with Gasteiger partial charge >= 0.3 is 0 Å². The number of rotatable bonds is 18. The third kappa shape index (κ3) is 8.46. The predicted molar refractivity (Wildman–Crippen MR) is 172 cm³/mol. The van der Waals surface area contributed by atoms with Gasteiger partial charge in [-0.1, -0.05) is 78.9 Å². The normalized spacial score (nSPS) is 14.1. The van der Waals surface area contributed by atoms with Crippen LogP contribution >= 0.6 is 36.3 Å². The summed E-state index contributed by atoms with van der Waals surface area (Å²) in [6.45, 7) is 16.1. The van der Waals surface area contributed by atoms with Crippen molar-refractivity contribution in [1.82, 2.24) is 4.57 Å². The Bertz CT molecular complexity index is 1100. The fraction of sp³-hybridized carbons (Fsp3) is 0.548. The lowest BCUT2D eigenvalue weighted by Crippen LogP contribution is -2.12. The van der Waals surface area contributed by atoms with Gasteiger partial charge < -0.3 is 9.67 Å². The number of aromatic hydroxyl groups is 1. The third-order valence-corrected chi connectivity index (χ3v) is 9.77. The van der Waals surface area contributed by atoms with Gasteiger partial charge in [0.1, 0.15) is 0 Å². The van der Waals surface area contributed by atoms with Crippen LogP contribution in [0.5, 0.6) is 5.88 Å². The number of aldehydes is 1. The van der Waals surface area contributed by atoms with Crippen LogP contribution in [0.4, 0.5) is 0 Å². The summed E-state index contributed by atoms with van der Waals surface area (Å²) >= 11 is 5.19. The largest absolute Gasteiger partial charge is 0.494 e. The van der Waals surface area contributed by atoms with Crippen molar-refractivity contribution < 1.29 is 9.90 Å². The second-order valence-electron chi connectivity index (χ2n) is 9.97. The highest BCUT2D eigenvalue weighted by atomic mass is 79.9. The van der Waals surface area contributed by atoms with Crippen LogP contribution in [0.25, 0.3) is 4.91 Å². The van der Waals surface area contributed by atoms with Crippen LogP contribution in [0.1, 0.15) is 110 Å². The number of thiophene rings is 1. The van der Waals surface area contributed by atoms with E-state index in [1.165, 1.54) is 27.9 Å². The van der Waals surface area contributed by atoms with Gasteiger partial charge in [-0.15, -0.1) is 11.3 Å². The van der Waals surface area contributed by atoms with Crippen molar-refractivity contribution >= 4 is 53.2 Å². The molecule has 2 aromatic heterocycles. The minimum Gasteiger partial charge on any atom is -0.494 e. The highest BCUT2D eigenvalue weighted by molar-refractivity contribution is 9.51. The molecule has 38 heavy (non-hydrogen) atoms. The summed E-state index contributed by atoms with van der Waals surface area (Å²) in [6.07, 6.45) is 13.4. The predicted octanol–water partition coefficient (Wildman–Crippen LogP) is 10.2. The van der Waals surface area contributed by atoms with Crippen molar-refractivity contribution in [2.24, 2.45) is 16.8 Å². The van der Waals surface area contributed by atoms with Crippen LogP contribution < -0.4 is 0 Å². The van der Waals surface area contributed by atoms with E-state index >= 15 is 0 Å². The van der Waals surface area contributed by atoms with Gasteiger partial charge in [0.2, 0.25) is 5.88 Å². The number of hydrogen-bond acceptors (Lipinski definition) is 5. The molecule has 2 rings (SSSR count). The van der Waals surface area contributed by atoms with Gasteiger partial charge in [-0.2, -0.15) is 0 Å². The molecular weight excluding hydrogens is 576 g/mol. The molecule has 7 heteroatoms. The van der Waals surface area contributed by atoms with Crippen molar-refractivity contribution in [3.8, 4) is 5.88 Å². The molecule has 0 saturated carbocycles. The molecule has 1 N–H and O–H groups in total. The van der Waals surface area contributed by atoms with Gasteiger partial charge in [0, 0.05) is 22.9 Å². The van der Waals surface area contributed by atoms with Gasteiger partial charge in [0.25, 0.3) is 0 Å². The Hall–Kier alpha value is -1.57. The molecule has 0 aliphatic carbocycles. The molecule has 0 aromatic carbocycles. The maximum atomic E-state index is 12.8. The van der Waals surface area contributed by atoms with Crippen LogP contribution in [-0.2, 0) is 6.54 Å². The van der Waals surface area contributed by atoms with E-state index in [-0.39, 0.29) is 5.88 Å². The van der Waals surface area contributed by atoms with E-state index in [4.69, 9.17) is 4.99 Å². The fourth-order valence-corrected chi connectivity index (χ4v) is 6.93. The van der Waals surface area contributed by atoms with E-state index in [1.807, 2.05) is 10.6 Å². The van der Waals surface area contributed by atoms with E-state index in [0.717, 1.165) is 66.0 Å². The second kappa shape index (κ2) is 17.2. The minimum absolute atomic E-state index is 0.125. The molecule has 0 fully saturated rings. The highest BCUT2D eigenvalue weighted by Gasteiger charge is 2.30. The Morgan fingerprint density at radius 1 is 1.16 bits per heavy atom. The highest BCUT2D eigenvalue weighted by Crippen LogP contribution is 2.42. The first-order chi connectivity index (χ1) is 18.4. The smallest absolute Gasteiger partial charge is 0.201 e. The number of nitrogens with zero attached hydrogens (tertiary/aromatic N) is 2. The molecule has 0 spiro atoms. The standard InChI is InChI=1S/C31H45BrN2O2S2/c1-7-12-15-23(10-4)19-33-29(26-18-17-22(6)37-26)28-25(21-35)30(27(38-32)14-9-3)34(31(28)36)20-24(11-5)16-13-8-2/h9,14,17-18,21,23-24,36H,3,7-8,10-13,15-16,19-20H2,1-2,4-6H3/b27-14-,33-29?. The Kier molecular flexibility index (Phi) is 14.8. The average molecular weight is 622 g/mol. The fourth-order valence-electron chi connectivity index (χ4n) is 4.82. The molecule has 2 aromatic rings. The van der Waals surface area contributed by atoms with E-state index in [2.05, 4.69) is 68.1 Å². The summed E-state index contributed by atoms with van der Waals surface area (Å²) in [5.74, 6) is 0.995. The average Bonchev–Trinajstić information content (AvgIpc) is 3.47. The number of aliphatic imine (C=N–C) groups is 1. The van der Waals surface area contributed by atoms with E-state index in [9.17, 15) is 9.90 Å². The van der Waals surface area contributed by atoms with Crippen molar-refractivity contribution in [3.05, 3.63) is 57.4 Å². The summed E-state index contributed by atoms with van der Waals surface area (Å²) in [6, 6.07) is 4.14. The molecule has 0 bridgehead atoms. The summed E-state index contributed by atoms with van der Waals surface area (Å²) in [5, 5.41) is 11.9. The molecule has 0 saturated heterocycles. The molecule has 0 radical (unpaired) electrons. The molecule has 0 aliphatic heterocycles. The number of allylic oxidation sites excluding steroid dienone is 2. The van der Waals surface area contributed by atoms with E-state index < -0.39 is 0 Å². The lowest BCUT2D eigenvalue weighted by molar-refractivity contribution is 0.112. The molecule has 4 nitrogen and oxygen atoms in total. The van der Waals surface area contributed by atoms with Crippen LogP contribution in [-0.4, -0.2) is 28.2 Å². The van der Waals surface area contributed by atoms with Crippen LogP contribution in [0, 0.1) is 18.8 Å². The van der Waals surface area contributed by atoms with Crippen molar-refractivity contribution in [3.63, 3.8) is 0 Å². The van der Waals surface area contributed by atoms with Crippen LogP contribution in [0.3, 0.4) is 0 Å². The number of halogens is 1. The first-order valence-corrected chi connectivity index (χ1v) is 17.5. The molecule has 2 unspecified atom stereocenters. The monoisotopic (exact) mass is 620 g/mol. The SMILES string of the molecule is C=C/C=C(\SBr)c1c(C=O)c(C(=NCC(CC)CCCC)c2ccc(C)s2)c(O)n1CC(CC)CCCC. The first kappa shape index (κ1) is 32.6. The quantitative estimate of drug-likeness (QED) is 0.102. The Morgan fingerprint density at radius 3 is 2.32 bits per heavy atom. The van der Waals surface area contributed by atoms with Gasteiger partial charge in [-0.3, -0.25) is 9.79 Å². The Morgan fingerprint density at radius 2 is 1.82 bits per heavy atom. The zero-order valence-corrected chi connectivity index (χ0v) is 27.0. The molecular formula is C31H45BrN2O2S2. The molecule has 0 amide bonds. The van der Waals surface area contributed by atoms with Crippen LogP contribution in [0.2, 0.25) is 0 Å². The number of carbonyl (C=O) groups is 1.